The number of nitrogens with one attached hydrogen (secondary N) is 1. The van der Waals surface area contributed by atoms with E-state index < -0.39 is 35.8 Å². The zero-order valence-corrected chi connectivity index (χ0v) is 8.02. The van der Waals surface area contributed by atoms with Crippen LogP contribution in [-0.2, 0) is 6.67 Å². The van der Waals surface area contributed by atoms with Crippen LogP contribution < -0.4 is 14.9 Å². The highest BCUT2D eigenvalue weighted by atomic mass is 19.4. The van der Waals surface area contributed by atoms with E-state index >= 15 is 0 Å². The van der Waals surface area contributed by atoms with Crippen molar-refractivity contribution < 1.29 is 27.0 Å². The SMILES string of the molecule is COc1[nH]c(OC(F)(F)F)cc(=O)c1CF. The molecule has 1 N–H and O–H groups in total. The zero-order valence-electron chi connectivity index (χ0n) is 8.02. The van der Waals surface area contributed by atoms with Gasteiger partial charge in [0.05, 0.1) is 12.7 Å². The molecule has 0 amide bonds. The number of alkyl halides is 4. The van der Waals surface area contributed by atoms with Gasteiger partial charge < -0.3 is 9.47 Å². The zero-order chi connectivity index (χ0) is 12.3. The van der Waals surface area contributed by atoms with Gasteiger partial charge in [0, 0.05) is 6.07 Å². The summed E-state index contributed by atoms with van der Waals surface area (Å²) in [5.41, 5.74) is -1.32. The van der Waals surface area contributed by atoms with Crippen LogP contribution in [-0.4, -0.2) is 18.5 Å². The second-order valence-corrected chi connectivity index (χ2v) is 2.69. The van der Waals surface area contributed by atoms with Crippen molar-refractivity contribution in [1.82, 2.24) is 4.98 Å². The summed E-state index contributed by atoms with van der Waals surface area (Å²) in [6.07, 6.45) is -4.94. The Bertz CT molecular complexity index is 426. The maximum Gasteiger partial charge on any atom is 0.574 e. The third-order valence-electron chi connectivity index (χ3n) is 1.63. The van der Waals surface area contributed by atoms with Crippen LogP contribution in [0.3, 0.4) is 0 Å². The fraction of sp³-hybridized carbons (Fsp3) is 0.375. The second-order valence-electron chi connectivity index (χ2n) is 2.69. The predicted octanol–water partition coefficient (Wildman–Crippen LogP) is 1.75. The lowest BCUT2D eigenvalue weighted by Gasteiger charge is -2.11. The fourth-order valence-electron chi connectivity index (χ4n) is 1.02. The highest BCUT2D eigenvalue weighted by Gasteiger charge is 2.32. The van der Waals surface area contributed by atoms with E-state index in [1.54, 1.807) is 0 Å². The summed E-state index contributed by atoms with van der Waals surface area (Å²) in [5, 5.41) is 0. The van der Waals surface area contributed by atoms with E-state index in [9.17, 15) is 22.4 Å². The second kappa shape index (κ2) is 4.42. The van der Waals surface area contributed by atoms with Crippen molar-refractivity contribution in [3.63, 3.8) is 0 Å². The molecule has 1 heterocycles. The molecule has 16 heavy (non-hydrogen) atoms. The number of aromatic amines is 1. The summed E-state index contributed by atoms with van der Waals surface area (Å²) in [4.78, 5) is 13.2. The van der Waals surface area contributed by atoms with Crippen LogP contribution in [0.2, 0.25) is 0 Å². The number of rotatable bonds is 3. The molecule has 0 unspecified atom stereocenters. The molecule has 0 aliphatic rings. The van der Waals surface area contributed by atoms with Crippen molar-refractivity contribution >= 4 is 0 Å². The Kier molecular flexibility index (Phi) is 3.41. The number of pyridine rings is 1. The molecule has 0 aliphatic heterocycles. The van der Waals surface area contributed by atoms with Crippen molar-refractivity contribution in [2.75, 3.05) is 7.11 Å². The largest absolute Gasteiger partial charge is 0.574 e. The van der Waals surface area contributed by atoms with Gasteiger partial charge in [-0.25, -0.2) is 4.39 Å². The minimum atomic E-state index is -4.94. The Morgan fingerprint density at radius 1 is 1.44 bits per heavy atom. The lowest BCUT2D eigenvalue weighted by molar-refractivity contribution is -0.276. The molecule has 0 saturated heterocycles. The first kappa shape index (κ1) is 12.3. The summed E-state index contributed by atoms with van der Waals surface area (Å²) in [5.74, 6) is -1.25. The Balaban J connectivity index is 3.16. The third kappa shape index (κ3) is 2.88. The highest BCUT2D eigenvalue weighted by molar-refractivity contribution is 5.30. The van der Waals surface area contributed by atoms with Gasteiger partial charge in [0.15, 0.2) is 5.43 Å². The molecule has 0 fully saturated rings. The van der Waals surface area contributed by atoms with E-state index in [2.05, 4.69) is 9.47 Å². The van der Waals surface area contributed by atoms with E-state index in [4.69, 9.17) is 0 Å². The minimum absolute atomic E-state index is 0.392. The maximum atomic E-state index is 12.3. The van der Waals surface area contributed by atoms with E-state index in [0.717, 1.165) is 7.11 Å². The number of hydrogen-bond acceptors (Lipinski definition) is 3. The summed E-state index contributed by atoms with van der Waals surface area (Å²) < 4.78 is 55.8. The molecule has 90 valence electrons. The van der Waals surface area contributed by atoms with Crippen LogP contribution in [0.1, 0.15) is 5.56 Å². The summed E-state index contributed by atoms with van der Waals surface area (Å²) in [7, 11) is 1.09. The van der Waals surface area contributed by atoms with Gasteiger partial charge in [-0.15, -0.1) is 13.2 Å². The summed E-state index contributed by atoms with van der Waals surface area (Å²) in [6, 6.07) is 0.505. The molecule has 8 heteroatoms. The quantitative estimate of drug-likeness (QED) is 0.820. The fourth-order valence-corrected chi connectivity index (χ4v) is 1.02. The average Bonchev–Trinajstić information content (AvgIpc) is 2.14. The van der Waals surface area contributed by atoms with Crippen molar-refractivity contribution in [2.24, 2.45) is 0 Å². The highest BCUT2D eigenvalue weighted by Crippen LogP contribution is 2.23. The summed E-state index contributed by atoms with van der Waals surface area (Å²) in [6.45, 7) is -1.15. The van der Waals surface area contributed by atoms with Crippen molar-refractivity contribution in [3.05, 3.63) is 21.9 Å². The standard InChI is InChI=1S/C8H7F4NO3/c1-15-7-4(3-9)5(14)2-6(13-7)16-8(10,11)12/h2H,3H2,1H3,(H,13,14). The average molecular weight is 241 g/mol. The molecule has 1 aromatic rings. The first-order chi connectivity index (χ1) is 7.37. The van der Waals surface area contributed by atoms with Crippen LogP contribution in [0.15, 0.2) is 10.9 Å². The molecule has 0 saturated carbocycles. The molecular weight excluding hydrogens is 234 g/mol. The van der Waals surface area contributed by atoms with E-state index in [-0.39, 0.29) is 0 Å². The van der Waals surface area contributed by atoms with Gasteiger partial charge in [-0.05, 0) is 0 Å². The maximum absolute atomic E-state index is 12.3. The molecular formula is C8H7F4NO3. The van der Waals surface area contributed by atoms with Gasteiger partial charge in [0.1, 0.15) is 6.67 Å². The molecule has 0 aliphatic carbocycles. The number of hydrogen-bond donors (Lipinski definition) is 1. The van der Waals surface area contributed by atoms with Gasteiger partial charge in [-0.2, -0.15) is 0 Å². The van der Waals surface area contributed by atoms with Crippen molar-refractivity contribution in [3.8, 4) is 11.8 Å². The Hall–Kier alpha value is -1.73. The van der Waals surface area contributed by atoms with Gasteiger partial charge in [0.25, 0.3) is 0 Å². The molecule has 0 radical (unpaired) electrons. The van der Waals surface area contributed by atoms with Crippen molar-refractivity contribution in [1.29, 1.82) is 0 Å². The molecule has 0 aromatic carbocycles. The van der Waals surface area contributed by atoms with E-state index in [1.807, 2.05) is 4.98 Å². The number of methoxy groups -OCH3 is 1. The first-order valence-corrected chi connectivity index (χ1v) is 3.99. The minimum Gasteiger partial charge on any atom is -0.482 e. The molecule has 0 spiro atoms. The molecule has 0 bridgehead atoms. The lowest BCUT2D eigenvalue weighted by atomic mass is 10.3. The number of ether oxygens (including phenoxy) is 2. The topological polar surface area (TPSA) is 51.3 Å². The van der Waals surface area contributed by atoms with Crippen LogP contribution in [0.25, 0.3) is 0 Å². The van der Waals surface area contributed by atoms with Crippen LogP contribution in [0.5, 0.6) is 11.8 Å². The Labute approximate surface area is 86.8 Å². The lowest BCUT2D eigenvalue weighted by Crippen LogP contribution is -2.20. The van der Waals surface area contributed by atoms with Gasteiger partial charge >= 0.3 is 6.36 Å². The molecule has 4 nitrogen and oxygen atoms in total. The number of H-pyrrole nitrogens is 1. The molecule has 1 rings (SSSR count). The number of halogens is 4. The van der Waals surface area contributed by atoms with E-state index in [1.165, 1.54) is 0 Å². The van der Waals surface area contributed by atoms with Gasteiger partial charge in [-0.3, -0.25) is 9.78 Å². The Morgan fingerprint density at radius 3 is 2.50 bits per heavy atom. The smallest absolute Gasteiger partial charge is 0.482 e. The number of aromatic nitrogens is 1. The van der Waals surface area contributed by atoms with Gasteiger partial charge in [-0.1, -0.05) is 0 Å². The normalized spacial score (nSPS) is 11.3. The molecule has 1 aromatic heterocycles. The first-order valence-electron chi connectivity index (χ1n) is 3.99. The van der Waals surface area contributed by atoms with Crippen LogP contribution >= 0.6 is 0 Å². The van der Waals surface area contributed by atoms with Gasteiger partial charge in [0.2, 0.25) is 11.8 Å². The molecule has 0 atom stereocenters. The monoisotopic (exact) mass is 241 g/mol. The third-order valence-corrected chi connectivity index (χ3v) is 1.63. The summed E-state index contributed by atoms with van der Waals surface area (Å²) >= 11 is 0. The van der Waals surface area contributed by atoms with Crippen LogP contribution in [0.4, 0.5) is 17.6 Å². The Morgan fingerprint density at radius 2 is 2.06 bits per heavy atom. The predicted molar refractivity (Wildman–Crippen MR) is 45.1 cm³/mol. The van der Waals surface area contributed by atoms with Crippen LogP contribution in [0, 0.1) is 0 Å². The van der Waals surface area contributed by atoms with Crippen molar-refractivity contribution in [2.45, 2.75) is 13.0 Å². The van der Waals surface area contributed by atoms with E-state index in [0.29, 0.717) is 6.07 Å².